The van der Waals surface area contributed by atoms with Crippen LogP contribution in [0.5, 0.6) is 0 Å². The summed E-state index contributed by atoms with van der Waals surface area (Å²) in [6.45, 7) is 17.0. The number of piperazine rings is 1. The number of carbonyl (C=O) groups is 1. The molecule has 202 valence electrons. The Bertz CT molecular complexity index is 919. The van der Waals surface area contributed by atoms with Gasteiger partial charge in [-0.05, 0) is 51.4 Å². The molecule has 4 fully saturated rings. The van der Waals surface area contributed by atoms with Crippen molar-refractivity contribution in [3.8, 4) is 0 Å². The maximum Gasteiger partial charge on any atom is 0.317 e. The molecule has 2 saturated carbocycles. The molecule has 0 aromatic carbocycles. The average Bonchev–Trinajstić information content (AvgIpc) is 3.36. The van der Waals surface area contributed by atoms with Gasteiger partial charge in [-0.15, -0.1) is 0 Å². The number of alkyl halides is 1. The lowest BCUT2D eigenvalue weighted by atomic mass is 9.70. The largest absolute Gasteiger partial charge is 0.339 e. The molecule has 2 aliphatic heterocycles. The van der Waals surface area contributed by atoms with Crippen LogP contribution in [0, 0.1) is 5.41 Å². The van der Waals surface area contributed by atoms with Gasteiger partial charge in [0.25, 0.3) is 0 Å². The van der Waals surface area contributed by atoms with Crippen molar-refractivity contribution in [1.29, 1.82) is 0 Å². The van der Waals surface area contributed by atoms with Gasteiger partial charge in [0.05, 0.1) is 12.0 Å². The number of hydrogen-bond donors (Lipinski definition) is 1. The highest BCUT2D eigenvalue weighted by Crippen LogP contribution is 2.44. The van der Waals surface area contributed by atoms with Crippen molar-refractivity contribution in [3.63, 3.8) is 0 Å². The summed E-state index contributed by atoms with van der Waals surface area (Å²) in [5, 5.41) is 7.69. The van der Waals surface area contributed by atoms with E-state index < -0.39 is 6.17 Å². The molecular weight excluding hydrogens is 459 g/mol. The Kier molecular flexibility index (Phi) is 7.09. The predicted molar refractivity (Wildman–Crippen MR) is 137 cm³/mol. The smallest absolute Gasteiger partial charge is 0.317 e. The lowest BCUT2D eigenvalue weighted by Crippen LogP contribution is -2.64. The van der Waals surface area contributed by atoms with Gasteiger partial charge in [-0.1, -0.05) is 32.3 Å². The summed E-state index contributed by atoms with van der Waals surface area (Å²) >= 11 is 0. The summed E-state index contributed by atoms with van der Waals surface area (Å²) < 4.78 is 18.8. The van der Waals surface area contributed by atoms with Crippen molar-refractivity contribution in [2.75, 3.05) is 39.3 Å². The maximum absolute atomic E-state index is 13.5. The molecular formula is C27H45FN6O2. The molecule has 5 rings (SSSR count). The number of likely N-dealkylation sites (tertiary alicyclic amines) is 1. The minimum absolute atomic E-state index is 0.0508. The van der Waals surface area contributed by atoms with E-state index in [9.17, 15) is 9.18 Å². The number of aromatic nitrogens is 2. The van der Waals surface area contributed by atoms with E-state index in [0.29, 0.717) is 43.3 Å². The van der Waals surface area contributed by atoms with Gasteiger partial charge < -0.3 is 14.7 Å². The van der Waals surface area contributed by atoms with E-state index in [1.807, 2.05) is 4.90 Å². The molecule has 1 aromatic heterocycles. The van der Waals surface area contributed by atoms with Crippen LogP contribution in [0.15, 0.2) is 4.52 Å². The first kappa shape index (κ1) is 25.9. The summed E-state index contributed by atoms with van der Waals surface area (Å²) in [5.74, 6) is 0.866. The van der Waals surface area contributed by atoms with Gasteiger partial charge in [0.15, 0.2) is 5.82 Å². The van der Waals surface area contributed by atoms with Crippen molar-refractivity contribution < 1.29 is 13.7 Å². The Morgan fingerprint density at radius 1 is 1.08 bits per heavy atom. The fourth-order valence-corrected chi connectivity index (χ4v) is 6.58. The van der Waals surface area contributed by atoms with Gasteiger partial charge in [0.2, 0.25) is 5.89 Å². The van der Waals surface area contributed by atoms with Crippen LogP contribution < -0.4 is 5.32 Å². The maximum atomic E-state index is 13.5. The molecule has 0 spiro atoms. The Morgan fingerprint density at radius 2 is 1.75 bits per heavy atom. The zero-order chi connectivity index (χ0) is 25.7. The number of rotatable bonds is 5. The summed E-state index contributed by atoms with van der Waals surface area (Å²) in [4.78, 5) is 25.2. The first-order valence-corrected chi connectivity index (χ1v) is 14.1. The van der Waals surface area contributed by atoms with Crippen molar-refractivity contribution in [3.05, 3.63) is 11.7 Å². The number of hydrogen-bond acceptors (Lipinski definition) is 6. The lowest BCUT2D eigenvalue weighted by molar-refractivity contribution is 0.0132. The quantitative estimate of drug-likeness (QED) is 0.655. The van der Waals surface area contributed by atoms with Crippen LogP contribution >= 0.6 is 0 Å². The van der Waals surface area contributed by atoms with Gasteiger partial charge in [-0.25, -0.2) is 9.18 Å². The Hall–Kier alpha value is -1.74. The molecule has 2 amide bonds. The minimum Gasteiger partial charge on any atom is -0.339 e. The van der Waals surface area contributed by atoms with Crippen LogP contribution in [0.1, 0.15) is 90.8 Å². The summed E-state index contributed by atoms with van der Waals surface area (Å²) in [7, 11) is 0. The molecule has 1 unspecified atom stereocenters. The molecule has 4 aliphatic rings. The molecule has 0 bridgehead atoms. The number of amides is 2. The van der Waals surface area contributed by atoms with Crippen molar-refractivity contribution in [1.82, 2.24) is 30.2 Å². The highest BCUT2D eigenvalue weighted by atomic mass is 19.1. The molecule has 9 heteroatoms. The molecule has 0 radical (unpaired) electrons. The zero-order valence-corrected chi connectivity index (χ0v) is 22.8. The molecule has 4 atom stereocenters. The number of urea groups is 1. The first-order chi connectivity index (χ1) is 17.1. The molecule has 2 aliphatic carbocycles. The zero-order valence-electron chi connectivity index (χ0n) is 22.8. The van der Waals surface area contributed by atoms with Gasteiger partial charge in [-0.3, -0.25) is 9.80 Å². The Balaban J connectivity index is 1.20. The number of nitrogens with zero attached hydrogens (tertiary/aromatic N) is 5. The topological polar surface area (TPSA) is 77.7 Å². The Labute approximate surface area is 215 Å². The third-order valence-electron chi connectivity index (χ3n) is 9.54. The summed E-state index contributed by atoms with van der Waals surface area (Å²) in [5.41, 5.74) is -0.182. The molecule has 1 aromatic rings. The predicted octanol–water partition coefficient (Wildman–Crippen LogP) is 3.93. The third kappa shape index (κ3) is 5.15. The second-order valence-electron chi connectivity index (χ2n) is 12.9. The van der Waals surface area contributed by atoms with Crippen LogP contribution in [0.3, 0.4) is 0 Å². The molecule has 8 nitrogen and oxygen atoms in total. The van der Waals surface area contributed by atoms with Crippen LogP contribution in [0.4, 0.5) is 9.18 Å². The van der Waals surface area contributed by atoms with E-state index in [4.69, 9.17) is 4.52 Å². The second-order valence-corrected chi connectivity index (χ2v) is 12.9. The van der Waals surface area contributed by atoms with E-state index in [1.54, 1.807) is 0 Å². The summed E-state index contributed by atoms with van der Waals surface area (Å²) in [6.07, 6.45) is 4.69. The monoisotopic (exact) mass is 504 g/mol. The number of piperidine rings is 1. The van der Waals surface area contributed by atoms with Crippen molar-refractivity contribution in [2.45, 2.75) is 109 Å². The fourth-order valence-electron chi connectivity index (χ4n) is 6.58. The third-order valence-corrected chi connectivity index (χ3v) is 9.54. The van der Waals surface area contributed by atoms with Gasteiger partial charge in [-0.2, -0.15) is 4.98 Å². The van der Waals surface area contributed by atoms with Crippen LogP contribution in [-0.4, -0.2) is 94.4 Å². The molecule has 36 heavy (non-hydrogen) atoms. The lowest BCUT2D eigenvalue weighted by Gasteiger charge is -2.51. The van der Waals surface area contributed by atoms with Crippen molar-refractivity contribution >= 4 is 6.03 Å². The average molecular weight is 505 g/mol. The fraction of sp³-hybridized carbons (Fsp3) is 0.889. The van der Waals surface area contributed by atoms with E-state index >= 15 is 0 Å². The van der Waals surface area contributed by atoms with Gasteiger partial charge in [0.1, 0.15) is 6.17 Å². The highest BCUT2D eigenvalue weighted by Gasteiger charge is 2.46. The van der Waals surface area contributed by atoms with Crippen molar-refractivity contribution in [2.24, 2.45) is 5.41 Å². The van der Waals surface area contributed by atoms with Gasteiger partial charge >= 0.3 is 6.03 Å². The number of nitrogens with one attached hydrogen (secondary N) is 1. The number of carbonyl (C=O) groups excluding carboxylic acids is 1. The summed E-state index contributed by atoms with van der Waals surface area (Å²) in [6, 6.07) is 1.17. The minimum atomic E-state index is -0.844. The number of halogens is 1. The molecule has 1 N–H and O–H groups in total. The normalized spacial score (nSPS) is 33.0. The van der Waals surface area contributed by atoms with E-state index in [-0.39, 0.29) is 28.8 Å². The second kappa shape index (κ2) is 9.86. The SMILES string of the molecule is CC(C)N1CCN([C@H]2CCCC(C)(C)C2NC(=O)N2CCC(C)(c3noc([C@@H]4C[C@@H]4F)n3)CC2)CC1. The first-order valence-electron chi connectivity index (χ1n) is 14.1. The van der Waals surface area contributed by atoms with Gasteiger partial charge in [0, 0.05) is 56.8 Å². The van der Waals surface area contributed by atoms with E-state index in [0.717, 1.165) is 51.9 Å². The molecule has 3 heterocycles. The molecule has 2 saturated heterocycles. The Morgan fingerprint density at radius 3 is 2.36 bits per heavy atom. The van der Waals surface area contributed by atoms with E-state index in [2.05, 4.69) is 59.9 Å². The standard InChI is InChI=1S/C27H45FN6O2/c1-18(2)32-13-15-33(16-14-32)21-7-6-8-26(3,4)22(21)29-25(35)34-11-9-27(5,10-12-34)24-30-23(36-31-24)19-17-20(19)28/h18-22H,6-17H2,1-5H3,(H,29,35)/t19-,20+,21+,22?/m1/s1. The van der Waals surface area contributed by atoms with Crippen LogP contribution in [0.2, 0.25) is 0 Å². The van der Waals surface area contributed by atoms with E-state index in [1.165, 1.54) is 6.42 Å². The highest BCUT2D eigenvalue weighted by molar-refractivity contribution is 5.75. The van der Waals surface area contributed by atoms with Crippen LogP contribution in [-0.2, 0) is 5.41 Å². The van der Waals surface area contributed by atoms with Crippen LogP contribution in [0.25, 0.3) is 0 Å².